The van der Waals surface area contributed by atoms with Gasteiger partial charge in [-0.3, -0.25) is 0 Å². The minimum absolute atomic E-state index is 0.344. The van der Waals surface area contributed by atoms with E-state index >= 15 is 0 Å². The summed E-state index contributed by atoms with van der Waals surface area (Å²) in [6, 6.07) is 8.96. The highest BCUT2D eigenvalue weighted by Crippen LogP contribution is 2.33. The highest BCUT2D eigenvalue weighted by atomic mass is 16.3. The van der Waals surface area contributed by atoms with Gasteiger partial charge in [0.2, 0.25) is 0 Å². The Bertz CT molecular complexity index is 346. The molecule has 1 nitrogen and oxygen atoms in total. The second kappa shape index (κ2) is 6.38. The summed E-state index contributed by atoms with van der Waals surface area (Å²) in [4.78, 5) is 0. The Labute approximate surface area is 111 Å². The van der Waals surface area contributed by atoms with Gasteiger partial charge in [-0.15, -0.1) is 0 Å². The Balaban J connectivity index is 1.98. The Morgan fingerprint density at radius 3 is 2.22 bits per heavy atom. The third-order valence-corrected chi connectivity index (χ3v) is 4.45. The zero-order chi connectivity index (χ0) is 13.0. The van der Waals surface area contributed by atoms with Crippen LogP contribution in [0.1, 0.15) is 56.6 Å². The maximum absolute atomic E-state index is 9.59. The standard InChI is InChI=1S/C17H26O/c1-13(2)15-9-7-14(8-10-15)11-17(12-18)16-5-3-4-6-16/h7-10,13,16-18H,3-6,11-12H2,1-2H3. The third-order valence-electron chi connectivity index (χ3n) is 4.45. The van der Waals surface area contributed by atoms with Crippen molar-refractivity contribution in [3.63, 3.8) is 0 Å². The molecule has 0 spiro atoms. The molecule has 0 aliphatic heterocycles. The Hall–Kier alpha value is -0.820. The molecule has 0 heterocycles. The van der Waals surface area contributed by atoms with Crippen LogP contribution in [-0.2, 0) is 6.42 Å². The molecule has 0 radical (unpaired) electrons. The van der Waals surface area contributed by atoms with Crippen LogP contribution in [0.4, 0.5) is 0 Å². The van der Waals surface area contributed by atoms with Crippen molar-refractivity contribution < 1.29 is 5.11 Å². The molecule has 0 saturated heterocycles. The lowest BCUT2D eigenvalue weighted by molar-refractivity contribution is 0.175. The zero-order valence-corrected chi connectivity index (χ0v) is 11.7. The predicted octanol–water partition coefficient (Wildman–Crippen LogP) is 4.15. The number of benzene rings is 1. The monoisotopic (exact) mass is 246 g/mol. The van der Waals surface area contributed by atoms with E-state index in [2.05, 4.69) is 38.1 Å². The number of aliphatic hydroxyl groups excluding tert-OH is 1. The molecule has 2 rings (SSSR count). The molecule has 1 aliphatic rings. The Kier molecular flexibility index (Phi) is 4.82. The lowest BCUT2D eigenvalue weighted by atomic mass is 9.86. The van der Waals surface area contributed by atoms with Gasteiger partial charge >= 0.3 is 0 Å². The van der Waals surface area contributed by atoms with Gasteiger partial charge in [0, 0.05) is 6.61 Å². The SMILES string of the molecule is CC(C)c1ccc(CC(CO)C2CCCC2)cc1. The molecule has 1 aromatic rings. The Morgan fingerprint density at radius 1 is 1.11 bits per heavy atom. The summed E-state index contributed by atoms with van der Waals surface area (Å²) in [5.41, 5.74) is 2.78. The minimum Gasteiger partial charge on any atom is -0.396 e. The van der Waals surface area contributed by atoms with Crippen LogP contribution < -0.4 is 0 Å². The lowest BCUT2D eigenvalue weighted by Gasteiger charge is -2.21. The van der Waals surface area contributed by atoms with E-state index < -0.39 is 0 Å². The molecule has 1 N–H and O–H groups in total. The van der Waals surface area contributed by atoms with Crippen LogP contribution in [0, 0.1) is 11.8 Å². The number of hydrogen-bond donors (Lipinski definition) is 1. The largest absolute Gasteiger partial charge is 0.396 e. The molecule has 18 heavy (non-hydrogen) atoms. The van der Waals surface area contributed by atoms with Gasteiger partial charge in [0.05, 0.1) is 0 Å². The average molecular weight is 246 g/mol. The van der Waals surface area contributed by atoms with Gasteiger partial charge in [-0.1, -0.05) is 63.8 Å². The molecule has 1 aromatic carbocycles. The minimum atomic E-state index is 0.344. The van der Waals surface area contributed by atoms with Crippen molar-refractivity contribution in [2.45, 2.75) is 51.9 Å². The van der Waals surface area contributed by atoms with E-state index in [1.807, 2.05) is 0 Å². The highest BCUT2D eigenvalue weighted by Gasteiger charge is 2.24. The summed E-state index contributed by atoms with van der Waals surface area (Å²) in [5, 5.41) is 9.59. The molecule has 1 aliphatic carbocycles. The third kappa shape index (κ3) is 3.35. The van der Waals surface area contributed by atoms with Crippen LogP contribution in [0.15, 0.2) is 24.3 Å². The van der Waals surface area contributed by atoms with Crippen LogP contribution in [0.2, 0.25) is 0 Å². The second-order valence-electron chi connectivity index (χ2n) is 6.09. The van der Waals surface area contributed by atoms with Gasteiger partial charge in [-0.2, -0.15) is 0 Å². The van der Waals surface area contributed by atoms with Crippen molar-refractivity contribution in [1.29, 1.82) is 0 Å². The molecular weight excluding hydrogens is 220 g/mol. The number of rotatable bonds is 5. The first kappa shape index (κ1) is 13.6. The summed E-state index contributed by atoms with van der Waals surface area (Å²) in [6.07, 6.45) is 6.38. The zero-order valence-electron chi connectivity index (χ0n) is 11.7. The van der Waals surface area contributed by atoms with E-state index in [0.29, 0.717) is 18.4 Å². The van der Waals surface area contributed by atoms with Crippen molar-refractivity contribution >= 4 is 0 Å². The van der Waals surface area contributed by atoms with E-state index in [0.717, 1.165) is 12.3 Å². The molecule has 0 bridgehead atoms. The first-order valence-corrected chi connectivity index (χ1v) is 7.40. The van der Waals surface area contributed by atoms with Gasteiger partial charge in [0.25, 0.3) is 0 Å². The van der Waals surface area contributed by atoms with Gasteiger partial charge in [0.1, 0.15) is 0 Å². The lowest BCUT2D eigenvalue weighted by Crippen LogP contribution is -2.18. The topological polar surface area (TPSA) is 20.2 Å². The summed E-state index contributed by atoms with van der Waals surface area (Å²) in [7, 11) is 0. The number of aliphatic hydroxyl groups is 1. The van der Waals surface area contributed by atoms with Crippen LogP contribution in [-0.4, -0.2) is 11.7 Å². The summed E-state index contributed by atoms with van der Waals surface area (Å²) in [6.45, 7) is 4.80. The average Bonchev–Trinajstić information content (AvgIpc) is 2.90. The molecule has 1 unspecified atom stereocenters. The van der Waals surface area contributed by atoms with Gasteiger partial charge in [-0.05, 0) is 35.3 Å². The van der Waals surface area contributed by atoms with Crippen molar-refractivity contribution in [2.24, 2.45) is 11.8 Å². The fourth-order valence-corrected chi connectivity index (χ4v) is 3.15. The molecule has 1 heteroatoms. The predicted molar refractivity (Wildman–Crippen MR) is 76.8 cm³/mol. The van der Waals surface area contributed by atoms with Crippen molar-refractivity contribution in [3.05, 3.63) is 35.4 Å². The van der Waals surface area contributed by atoms with E-state index in [1.54, 1.807) is 0 Å². The molecule has 0 aromatic heterocycles. The van der Waals surface area contributed by atoms with Crippen molar-refractivity contribution in [3.8, 4) is 0 Å². The summed E-state index contributed by atoms with van der Waals surface area (Å²) >= 11 is 0. The normalized spacial score (nSPS) is 18.4. The highest BCUT2D eigenvalue weighted by molar-refractivity contribution is 5.25. The smallest absolute Gasteiger partial charge is 0.0465 e. The fourth-order valence-electron chi connectivity index (χ4n) is 3.15. The van der Waals surface area contributed by atoms with Gasteiger partial charge < -0.3 is 5.11 Å². The fraction of sp³-hybridized carbons (Fsp3) is 0.647. The van der Waals surface area contributed by atoms with Gasteiger partial charge in [0.15, 0.2) is 0 Å². The molecule has 1 fully saturated rings. The van der Waals surface area contributed by atoms with Crippen LogP contribution in [0.25, 0.3) is 0 Å². The van der Waals surface area contributed by atoms with Gasteiger partial charge in [-0.25, -0.2) is 0 Å². The quantitative estimate of drug-likeness (QED) is 0.827. The van der Waals surface area contributed by atoms with Crippen LogP contribution >= 0.6 is 0 Å². The van der Waals surface area contributed by atoms with E-state index in [4.69, 9.17) is 0 Å². The Morgan fingerprint density at radius 2 is 1.72 bits per heavy atom. The van der Waals surface area contributed by atoms with Crippen LogP contribution in [0.3, 0.4) is 0 Å². The van der Waals surface area contributed by atoms with Crippen LogP contribution in [0.5, 0.6) is 0 Å². The maximum Gasteiger partial charge on any atom is 0.0465 e. The van der Waals surface area contributed by atoms with Crippen molar-refractivity contribution in [2.75, 3.05) is 6.61 Å². The van der Waals surface area contributed by atoms with Crippen molar-refractivity contribution in [1.82, 2.24) is 0 Å². The molecular formula is C17H26O. The molecule has 100 valence electrons. The molecule has 1 saturated carbocycles. The maximum atomic E-state index is 9.59. The number of hydrogen-bond acceptors (Lipinski definition) is 1. The van der Waals surface area contributed by atoms with E-state index in [9.17, 15) is 5.11 Å². The summed E-state index contributed by atoms with van der Waals surface area (Å²) < 4.78 is 0. The van der Waals surface area contributed by atoms with E-state index in [1.165, 1.54) is 36.8 Å². The first-order chi connectivity index (χ1) is 8.70. The van der Waals surface area contributed by atoms with E-state index in [-0.39, 0.29) is 0 Å². The summed E-state index contributed by atoms with van der Waals surface area (Å²) in [5.74, 6) is 1.82. The molecule has 1 atom stereocenters. The second-order valence-corrected chi connectivity index (χ2v) is 6.09. The first-order valence-electron chi connectivity index (χ1n) is 7.40. The molecule has 0 amide bonds.